The molecule has 1 atom stereocenters. The van der Waals surface area contributed by atoms with Crippen LogP contribution in [0.5, 0.6) is 0 Å². The molecule has 0 bridgehead atoms. The minimum absolute atomic E-state index is 0.171. The largest absolute Gasteiger partial charge is 0.340 e. The molecule has 7 nitrogen and oxygen atoms in total. The van der Waals surface area contributed by atoms with E-state index in [0.29, 0.717) is 44.5 Å². The molecule has 1 aliphatic rings. The second kappa shape index (κ2) is 6.43. The van der Waals surface area contributed by atoms with Crippen molar-refractivity contribution >= 4 is 33.5 Å². The van der Waals surface area contributed by atoms with Crippen LogP contribution in [0.25, 0.3) is 21.9 Å². The van der Waals surface area contributed by atoms with Crippen LogP contribution < -0.4 is 0 Å². The lowest BCUT2D eigenvalue weighted by atomic mass is 10.1. The molecule has 10 heteroatoms. The summed E-state index contributed by atoms with van der Waals surface area (Å²) in [5.74, 6) is -1.68. The molecule has 3 aromatic heterocycles. The number of fused-ring (bicyclic) bond motifs is 3. The van der Waals surface area contributed by atoms with E-state index in [-0.39, 0.29) is 19.5 Å². The molecule has 4 aromatic rings. The minimum Gasteiger partial charge on any atom is -0.340 e. The first-order chi connectivity index (χ1) is 13.8. The molecule has 0 aliphatic carbocycles. The number of aryl methyl sites for hydroxylation is 1. The third kappa shape index (κ3) is 3.05. The van der Waals surface area contributed by atoms with Gasteiger partial charge in [0.25, 0.3) is 5.92 Å². The van der Waals surface area contributed by atoms with Crippen molar-refractivity contribution in [3.63, 3.8) is 0 Å². The summed E-state index contributed by atoms with van der Waals surface area (Å²) in [5, 5.41) is 5.09. The standard InChI is InChI=1S/C19H17ClF2N6O/c1-10-24-16(26-29-10)6-17-25-14-7-23-13-4-3-11(20)5-12(13)18(14)28(17)15-8-27(2)9-19(15,21)22/h3-5,7,15H,6,8-9H2,1-2H3. The molecule has 5 rings (SSSR count). The summed E-state index contributed by atoms with van der Waals surface area (Å²) >= 11 is 6.20. The number of pyridine rings is 1. The van der Waals surface area contributed by atoms with Crippen LogP contribution in [0.2, 0.25) is 5.02 Å². The lowest BCUT2D eigenvalue weighted by Crippen LogP contribution is -2.30. The van der Waals surface area contributed by atoms with Crippen LogP contribution in [-0.4, -0.2) is 55.6 Å². The van der Waals surface area contributed by atoms with Gasteiger partial charge in [-0.15, -0.1) is 0 Å². The SMILES string of the molecule is Cc1nc(Cc2nc3cnc4ccc(Cl)cc4c3n2C2CN(C)CC2(F)F)no1. The van der Waals surface area contributed by atoms with Crippen LogP contribution in [0.3, 0.4) is 0 Å². The van der Waals surface area contributed by atoms with Gasteiger partial charge in [-0.05, 0) is 25.2 Å². The van der Waals surface area contributed by atoms with Crippen LogP contribution in [0.1, 0.15) is 23.6 Å². The van der Waals surface area contributed by atoms with E-state index < -0.39 is 12.0 Å². The fraction of sp³-hybridized carbons (Fsp3) is 0.368. The zero-order valence-corrected chi connectivity index (χ0v) is 16.5. The summed E-state index contributed by atoms with van der Waals surface area (Å²) in [6.07, 6.45) is 1.77. The van der Waals surface area contributed by atoms with Crippen LogP contribution in [0, 0.1) is 6.92 Å². The highest BCUT2D eigenvalue weighted by atomic mass is 35.5. The summed E-state index contributed by atoms with van der Waals surface area (Å²) in [6.45, 7) is 1.56. The monoisotopic (exact) mass is 418 g/mol. The van der Waals surface area contributed by atoms with Gasteiger partial charge in [0.1, 0.15) is 17.4 Å². The van der Waals surface area contributed by atoms with Gasteiger partial charge < -0.3 is 9.09 Å². The molecule has 1 unspecified atom stereocenters. The van der Waals surface area contributed by atoms with Gasteiger partial charge in [-0.1, -0.05) is 16.8 Å². The van der Waals surface area contributed by atoms with Crippen molar-refractivity contribution in [2.75, 3.05) is 20.1 Å². The fourth-order valence-corrected chi connectivity index (χ4v) is 4.21. The van der Waals surface area contributed by atoms with Crippen molar-refractivity contribution in [3.05, 3.63) is 47.0 Å². The number of alkyl halides is 2. The van der Waals surface area contributed by atoms with Gasteiger partial charge in [-0.3, -0.25) is 9.88 Å². The highest BCUT2D eigenvalue weighted by Gasteiger charge is 2.49. The van der Waals surface area contributed by atoms with Crippen LogP contribution >= 0.6 is 11.6 Å². The Kier molecular flexibility index (Phi) is 4.08. The van der Waals surface area contributed by atoms with E-state index in [9.17, 15) is 8.78 Å². The van der Waals surface area contributed by atoms with E-state index >= 15 is 0 Å². The highest BCUT2D eigenvalue weighted by molar-refractivity contribution is 6.31. The number of likely N-dealkylation sites (N-methyl/N-ethyl adjacent to an activating group) is 1. The van der Waals surface area contributed by atoms with Crippen molar-refractivity contribution in [3.8, 4) is 0 Å². The first kappa shape index (κ1) is 18.4. The Bertz CT molecular complexity index is 1240. The third-order valence-electron chi connectivity index (χ3n) is 5.20. The molecule has 4 heterocycles. The molecule has 1 fully saturated rings. The molecule has 29 heavy (non-hydrogen) atoms. The van der Waals surface area contributed by atoms with Crippen molar-refractivity contribution in [1.82, 2.24) is 29.6 Å². The Morgan fingerprint density at radius 3 is 2.79 bits per heavy atom. The molecule has 1 aromatic carbocycles. The molecule has 0 spiro atoms. The van der Waals surface area contributed by atoms with E-state index in [4.69, 9.17) is 16.1 Å². The van der Waals surface area contributed by atoms with E-state index in [1.165, 1.54) is 0 Å². The second-order valence-electron chi connectivity index (χ2n) is 7.43. The van der Waals surface area contributed by atoms with E-state index in [1.807, 2.05) is 0 Å². The van der Waals surface area contributed by atoms with Crippen LogP contribution in [-0.2, 0) is 6.42 Å². The summed E-state index contributed by atoms with van der Waals surface area (Å²) in [6, 6.07) is 4.16. The maximum Gasteiger partial charge on any atom is 0.282 e. The predicted octanol–water partition coefficient (Wildman–Crippen LogP) is 3.64. The van der Waals surface area contributed by atoms with Crippen molar-refractivity contribution in [2.45, 2.75) is 25.3 Å². The minimum atomic E-state index is -2.92. The Labute approximate surface area is 169 Å². The molecule has 0 amide bonds. The molecule has 150 valence electrons. The summed E-state index contributed by atoms with van der Waals surface area (Å²) in [7, 11) is 1.69. The quantitative estimate of drug-likeness (QED) is 0.505. The summed E-state index contributed by atoms with van der Waals surface area (Å²) < 4.78 is 36.6. The molecule has 0 N–H and O–H groups in total. The zero-order chi connectivity index (χ0) is 20.3. The Balaban J connectivity index is 1.79. The number of hydrogen-bond donors (Lipinski definition) is 0. The first-order valence-electron chi connectivity index (χ1n) is 9.12. The van der Waals surface area contributed by atoms with E-state index in [2.05, 4.69) is 20.1 Å². The lowest BCUT2D eigenvalue weighted by Gasteiger charge is -2.22. The van der Waals surface area contributed by atoms with Gasteiger partial charge in [0.2, 0.25) is 5.89 Å². The van der Waals surface area contributed by atoms with Gasteiger partial charge in [0, 0.05) is 23.9 Å². The number of rotatable bonds is 3. The van der Waals surface area contributed by atoms with Crippen molar-refractivity contribution < 1.29 is 13.3 Å². The van der Waals surface area contributed by atoms with Crippen molar-refractivity contribution in [1.29, 1.82) is 0 Å². The number of imidazole rings is 1. The molecule has 1 aliphatic heterocycles. The molecular weight excluding hydrogens is 402 g/mol. The lowest BCUT2D eigenvalue weighted by molar-refractivity contribution is -0.0200. The summed E-state index contributed by atoms with van der Waals surface area (Å²) in [4.78, 5) is 14.9. The molecule has 0 saturated carbocycles. The maximum absolute atomic E-state index is 15.0. The van der Waals surface area contributed by atoms with Gasteiger partial charge in [0.15, 0.2) is 5.82 Å². The van der Waals surface area contributed by atoms with Gasteiger partial charge in [-0.25, -0.2) is 13.8 Å². The zero-order valence-electron chi connectivity index (χ0n) is 15.7. The smallest absolute Gasteiger partial charge is 0.282 e. The number of halogens is 3. The average molecular weight is 419 g/mol. The van der Waals surface area contributed by atoms with Crippen LogP contribution in [0.15, 0.2) is 28.9 Å². The summed E-state index contributed by atoms with van der Waals surface area (Å²) in [5.41, 5.74) is 1.78. The molecule has 1 saturated heterocycles. The Morgan fingerprint density at radius 2 is 2.10 bits per heavy atom. The average Bonchev–Trinajstić information content (AvgIpc) is 3.29. The maximum atomic E-state index is 15.0. The number of aromatic nitrogens is 5. The van der Waals surface area contributed by atoms with Gasteiger partial charge in [-0.2, -0.15) is 4.98 Å². The van der Waals surface area contributed by atoms with E-state index in [0.717, 1.165) is 0 Å². The molecular formula is C19H17ClF2N6O. The number of hydrogen-bond acceptors (Lipinski definition) is 6. The molecule has 0 radical (unpaired) electrons. The predicted molar refractivity (Wildman–Crippen MR) is 103 cm³/mol. The van der Waals surface area contributed by atoms with Gasteiger partial charge >= 0.3 is 0 Å². The third-order valence-corrected chi connectivity index (χ3v) is 5.44. The highest BCUT2D eigenvalue weighted by Crippen LogP contribution is 2.40. The normalized spacial score (nSPS) is 19.6. The van der Waals surface area contributed by atoms with Crippen LogP contribution in [0.4, 0.5) is 8.78 Å². The first-order valence-corrected chi connectivity index (χ1v) is 9.50. The van der Waals surface area contributed by atoms with Crippen molar-refractivity contribution in [2.24, 2.45) is 0 Å². The number of likely N-dealkylation sites (tertiary alicyclic amines) is 1. The fourth-order valence-electron chi connectivity index (χ4n) is 4.04. The number of benzene rings is 1. The topological polar surface area (TPSA) is 72.9 Å². The van der Waals surface area contributed by atoms with E-state index in [1.54, 1.807) is 47.8 Å². The number of nitrogens with zero attached hydrogens (tertiary/aromatic N) is 6. The van der Waals surface area contributed by atoms with Gasteiger partial charge in [0.05, 0.1) is 30.2 Å². The Hall–Kier alpha value is -2.65. The Morgan fingerprint density at radius 1 is 1.28 bits per heavy atom. The second-order valence-corrected chi connectivity index (χ2v) is 7.87.